The average molecular weight is 437 g/mol. The number of halogens is 2. The van der Waals surface area contributed by atoms with Crippen molar-refractivity contribution in [2.24, 2.45) is 0 Å². The van der Waals surface area contributed by atoms with Gasteiger partial charge in [-0.25, -0.2) is 0 Å². The fourth-order valence-electron chi connectivity index (χ4n) is 3.50. The molecule has 0 aromatic heterocycles. The zero-order chi connectivity index (χ0) is 18.5. The molecule has 5 N–H and O–H groups in total. The molecule has 1 saturated carbocycles. The molecule has 0 spiro atoms. The molecule has 0 radical (unpaired) electrons. The summed E-state index contributed by atoms with van der Waals surface area (Å²) in [6.07, 6.45) is 5.36. The fourth-order valence-corrected chi connectivity index (χ4v) is 3.50. The van der Waals surface area contributed by atoms with Crippen molar-refractivity contribution in [3.05, 3.63) is 0 Å². The Kier molecular flexibility index (Phi) is 14.3. The first kappa shape index (κ1) is 23.9. The molecule has 0 aromatic rings. The molecule has 1 heterocycles. The van der Waals surface area contributed by atoms with Gasteiger partial charge in [-0.15, -0.1) is 0 Å². The van der Waals surface area contributed by atoms with Crippen LogP contribution in [0.4, 0.5) is 0 Å². The third-order valence-corrected chi connectivity index (χ3v) is 5.02. The Bertz CT molecular complexity index is 327. The monoisotopic (exact) mass is 436 g/mol. The zero-order valence-electron chi connectivity index (χ0n) is 15.9. The van der Waals surface area contributed by atoms with Crippen molar-refractivity contribution in [3.8, 4) is 0 Å². The molecule has 25 heavy (non-hydrogen) atoms. The summed E-state index contributed by atoms with van der Waals surface area (Å²) in [5, 5.41) is 18.4. The van der Waals surface area contributed by atoms with Crippen LogP contribution in [0.1, 0.15) is 46.5 Å². The van der Waals surface area contributed by atoms with E-state index in [4.69, 9.17) is 20.2 Å². The van der Waals surface area contributed by atoms with Crippen LogP contribution >= 0.6 is 20.2 Å². The number of rotatable bonds is 0. The Labute approximate surface area is 169 Å². The number of fused-ring (bicyclic) bond motifs is 1. The minimum atomic E-state index is 0.00694. The molecule has 2 fully saturated rings. The van der Waals surface area contributed by atoms with Crippen LogP contribution < -0.4 is 26.6 Å². The van der Waals surface area contributed by atoms with Crippen molar-refractivity contribution >= 4 is 20.2 Å². The molecule has 8 heteroatoms. The van der Waals surface area contributed by atoms with E-state index in [1.165, 1.54) is 25.7 Å². The van der Waals surface area contributed by atoms with E-state index in [1.807, 2.05) is 0 Å². The quantitative estimate of drug-likeness (QED) is 0.375. The molecular weight excluding hydrogens is 400 g/mol. The van der Waals surface area contributed by atoms with Gasteiger partial charge in [-0.3, -0.25) is 0 Å². The van der Waals surface area contributed by atoms with Crippen LogP contribution in [-0.2, 0) is 13.1 Å². The molecule has 1 aliphatic carbocycles. The summed E-state index contributed by atoms with van der Waals surface area (Å²) in [6.45, 7) is 12.0. The van der Waals surface area contributed by atoms with Gasteiger partial charge in [0.1, 0.15) is 0 Å². The summed E-state index contributed by atoms with van der Waals surface area (Å²) in [5.41, 5.74) is 0. The Balaban J connectivity index is 0.000000970. The maximum absolute atomic E-state index is 4.80. The van der Waals surface area contributed by atoms with E-state index in [0.717, 1.165) is 32.7 Å². The van der Waals surface area contributed by atoms with Crippen molar-refractivity contribution < 1.29 is 13.1 Å². The Morgan fingerprint density at radius 3 is 1.60 bits per heavy atom. The molecule has 2 unspecified atom stereocenters. The number of hydrogen-bond acceptors (Lipinski definition) is 5. The normalized spacial score (nSPS) is 36.1. The number of nitrogens with one attached hydrogen (secondary N) is 5. The first-order chi connectivity index (χ1) is 12.1. The molecular formula is C17H37Cl2MnN5. The van der Waals surface area contributed by atoms with E-state index in [1.54, 1.807) is 0 Å². The fraction of sp³-hybridized carbons (Fsp3) is 1.00. The minimum absolute atomic E-state index is 0.00694. The van der Waals surface area contributed by atoms with Crippen LogP contribution in [0.25, 0.3) is 0 Å². The van der Waals surface area contributed by atoms with Crippen LogP contribution in [0, 0.1) is 0 Å². The third-order valence-electron chi connectivity index (χ3n) is 5.02. The van der Waals surface area contributed by atoms with E-state index in [0.29, 0.717) is 30.2 Å². The number of hydrogen-bond donors (Lipinski definition) is 5. The van der Waals surface area contributed by atoms with Crippen LogP contribution in [0.3, 0.4) is 0 Å². The maximum atomic E-state index is 4.80. The first-order valence-corrected chi connectivity index (χ1v) is 12.9. The predicted octanol–water partition coefficient (Wildman–Crippen LogP) is 1.80. The topological polar surface area (TPSA) is 60.1 Å². The van der Waals surface area contributed by atoms with Gasteiger partial charge in [0.15, 0.2) is 0 Å². The van der Waals surface area contributed by atoms with E-state index in [2.05, 4.69) is 47.4 Å². The van der Waals surface area contributed by atoms with Crippen molar-refractivity contribution in [2.45, 2.75) is 76.7 Å². The summed E-state index contributed by atoms with van der Waals surface area (Å²) in [7, 11) is 9.59. The SMILES string of the molecule is C[C@@H]1CN[C@H](C)CN[C@@H](C)CNC2CCCCC2NCCN1.[Cl][Mn][Cl]. The van der Waals surface area contributed by atoms with Crippen molar-refractivity contribution in [3.63, 3.8) is 0 Å². The van der Waals surface area contributed by atoms with E-state index in [9.17, 15) is 0 Å². The van der Waals surface area contributed by atoms with Gasteiger partial charge in [-0.2, -0.15) is 0 Å². The van der Waals surface area contributed by atoms with Crippen LogP contribution in [-0.4, -0.2) is 62.9 Å². The van der Waals surface area contributed by atoms with Crippen molar-refractivity contribution in [2.75, 3.05) is 32.7 Å². The Morgan fingerprint density at radius 1 is 0.640 bits per heavy atom. The van der Waals surface area contributed by atoms with Gasteiger partial charge in [0, 0.05) is 62.9 Å². The van der Waals surface area contributed by atoms with Gasteiger partial charge in [0.05, 0.1) is 0 Å². The molecule has 0 amide bonds. The van der Waals surface area contributed by atoms with E-state index < -0.39 is 0 Å². The predicted molar refractivity (Wildman–Crippen MR) is 106 cm³/mol. The van der Waals surface area contributed by atoms with Gasteiger partial charge in [0.25, 0.3) is 0 Å². The standard InChI is InChI=1S/C17H37N5.2ClH.Mn/c1-13-10-20-14(2)11-21-15(3)12-22-17-7-5-4-6-16(17)19-9-8-18-13;;;/h13-22H,4-12H2,1-3H3;2*1H;/q;;;+2/p-2/t13-,14-,15+,16?,17?;;;/m1.../s1. The van der Waals surface area contributed by atoms with Gasteiger partial charge in [-0.1, -0.05) is 12.8 Å². The van der Waals surface area contributed by atoms with Crippen molar-refractivity contribution in [1.29, 1.82) is 0 Å². The molecule has 5 atom stereocenters. The summed E-state index contributed by atoms with van der Waals surface area (Å²) >= 11 is 0.00694. The molecule has 2 rings (SSSR count). The Morgan fingerprint density at radius 2 is 1.04 bits per heavy atom. The van der Waals surface area contributed by atoms with Gasteiger partial charge >= 0.3 is 33.3 Å². The van der Waals surface area contributed by atoms with Gasteiger partial charge < -0.3 is 26.6 Å². The van der Waals surface area contributed by atoms with Crippen LogP contribution in [0.2, 0.25) is 0 Å². The second kappa shape index (κ2) is 14.9. The van der Waals surface area contributed by atoms with E-state index >= 15 is 0 Å². The van der Waals surface area contributed by atoms with Gasteiger partial charge in [-0.05, 0) is 33.6 Å². The molecule has 1 aliphatic heterocycles. The molecule has 151 valence electrons. The van der Waals surface area contributed by atoms with Crippen molar-refractivity contribution in [1.82, 2.24) is 26.6 Å². The van der Waals surface area contributed by atoms with E-state index in [-0.39, 0.29) is 13.1 Å². The van der Waals surface area contributed by atoms with Crippen LogP contribution in [0.15, 0.2) is 0 Å². The molecule has 2 aliphatic rings. The molecule has 0 bridgehead atoms. The second-order valence-electron chi connectivity index (χ2n) is 7.39. The average Bonchev–Trinajstić information content (AvgIpc) is 2.61. The zero-order valence-corrected chi connectivity index (χ0v) is 18.6. The summed E-state index contributed by atoms with van der Waals surface area (Å²) in [4.78, 5) is 0. The molecule has 1 saturated heterocycles. The first-order valence-electron chi connectivity index (χ1n) is 9.60. The summed E-state index contributed by atoms with van der Waals surface area (Å²) in [6, 6.07) is 2.83. The second-order valence-corrected chi connectivity index (χ2v) is 9.34. The molecule has 5 nitrogen and oxygen atoms in total. The Hall–Kier alpha value is 0.899. The summed E-state index contributed by atoms with van der Waals surface area (Å²) < 4.78 is 0. The van der Waals surface area contributed by atoms with Gasteiger partial charge in [0.2, 0.25) is 0 Å². The summed E-state index contributed by atoms with van der Waals surface area (Å²) in [5.74, 6) is 0. The van der Waals surface area contributed by atoms with Crippen LogP contribution in [0.5, 0.6) is 0 Å². The third kappa shape index (κ3) is 11.4. The molecule has 0 aromatic carbocycles.